The number of hydrogen-bond donors (Lipinski definition) is 0. The van der Waals surface area contributed by atoms with E-state index in [0.29, 0.717) is 0 Å². The molecule has 0 aromatic heterocycles. The molecule has 0 aliphatic heterocycles. The molecule has 10 heavy (non-hydrogen) atoms. The molecule has 0 saturated heterocycles. The molecule has 0 atom stereocenters. The Kier molecular flexibility index (Phi) is 50.5. The monoisotopic (exact) mass is 192 g/mol. The Hall–Kier alpha value is 1.23. The molecule has 0 aromatic rings. The van der Waals surface area contributed by atoms with Gasteiger partial charge in [0.25, 0.3) is 0 Å². The third-order valence-corrected chi connectivity index (χ3v) is 0.333. The molecular weight excluding hydrogens is 176 g/mol. The van der Waals surface area contributed by atoms with Crippen LogP contribution < -0.4 is 0 Å². The molecule has 0 N–H and O–H groups in total. The molecule has 0 unspecified atom stereocenters. The molecule has 0 aliphatic carbocycles. The van der Waals surface area contributed by atoms with E-state index in [-0.39, 0.29) is 41.6 Å². The fourth-order valence-electron chi connectivity index (χ4n) is 0. The summed E-state index contributed by atoms with van der Waals surface area (Å²) in [6.45, 7) is 8.29. The topological polar surface area (TPSA) is 9.23 Å². The van der Waals surface area contributed by atoms with Crippen LogP contribution in [-0.4, -0.2) is 38.7 Å². The van der Waals surface area contributed by atoms with E-state index >= 15 is 0 Å². The Balaban J connectivity index is -0.0000000326. The van der Waals surface area contributed by atoms with Gasteiger partial charge in [-0.05, 0) is 13.8 Å². The summed E-state index contributed by atoms with van der Waals surface area (Å²) in [5.74, 6) is 0. The summed E-state index contributed by atoms with van der Waals surface area (Å²) in [6.07, 6.45) is 0.273. The average molecular weight is 193 g/mol. The summed E-state index contributed by atoms with van der Waals surface area (Å²) in [4.78, 5) is 0. The Morgan fingerprint density at radius 2 is 1.40 bits per heavy atom. The third-order valence-electron chi connectivity index (χ3n) is 0.333. The van der Waals surface area contributed by atoms with Crippen molar-refractivity contribution in [3.05, 3.63) is 7.11 Å². The van der Waals surface area contributed by atoms with Crippen molar-refractivity contribution in [2.24, 2.45) is 0 Å². The summed E-state index contributed by atoms with van der Waals surface area (Å²) in [6, 6.07) is 0. The van der Waals surface area contributed by atoms with Crippen molar-refractivity contribution in [2.45, 2.75) is 33.0 Å². The van der Waals surface area contributed by atoms with E-state index in [1.165, 1.54) is 0 Å². The van der Waals surface area contributed by atoms with Gasteiger partial charge in [0.1, 0.15) is 0 Å². The van der Waals surface area contributed by atoms with Crippen molar-refractivity contribution in [3.8, 4) is 0 Å². The van der Waals surface area contributed by atoms with Gasteiger partial charge in [-0.25, -0.2) is 7.11 Å². The fourth-order valence-corrected chi connectivity index (χ4v) is 0. The molecule has 0 bridgehead atoms. The van der Waals surface area contributed by atoms with Crippen molar-refractivity contribution in [3.63, 3.8) is 0 Å². The van der Waals surface area contributed by atoms with Gasteiger partial charge in [-0.15, -0.1) is 12.4 Å². The summed E-state index contributed by atoms with van der Waals surface area (Å²) >= 11 is 0. The van der Waals surface area contributed by atoms with Gasteiger partial charge in [0.05, 0.1) is 0 Å². The molecule has 0 saturated carbocycles. The van der Waals surface area contributed by atoms with Crippen molar-refractivity contribution < 1.29 is 4.74 Å². The molecule has 1 nitrogen and oxygen atoms in total. The quantitative estimate of drug-likeness (QED) is 0.455. The van der Waals surface area contributed by atoms with Crippen LogP contribution in [0.25, 0.3) is 0 Å². The van der Waals surface area contributed by atoms with Crippen LogP contribution >= 0.6 is 12.4 Å². The molecule has 0 heterocycles. The number of ether oxygens (including phenoxy) is 1. The van der Waals surface area contributed by atoms with E-state index in [1.807, 2.05) is 13.8 Å². The van der Waals surface area contributed by atoms with E-state index < -0.39 is 0 Å². The Bertz CT molecular complexity index is 38.9. The van der Waals surface area contributed by atoms with Gasteiger partial charge < -0.3 is 4.74 Å². The maximum absolute atomic E-state index is 4.50. The average Bonchev–Trinajstić information content (AvgIpc) is 1.69. The third kappa shape index (κ3) is 59.9. The van der Waals surface area contributed by atoms with Gasteiger partial charge in [0.15, 0.2) is 0 Å². The van der Waals surface area contributed by atoms with Gasteiger partial charge in [0.2, 0.25) is 0 Å². The molecule has 0 aliphatic rings. The van der Waals surface area contributed by atoms with E-state index in [2.05, 4.69) is 24.9 Å². The predicted molar refractivity (Wildman–Crippen MR) is 53.5 cm³/mol. The zero-order chi connectivity index (χ0) is 6.99. The Morgan fingerprint density at radius 1 is 1.30 bits per heavy atom. The van der Waals surface area contributed by atoms with Crippen molar-refractivity contribution in [1.29, 1.82) is 0 Å². The predicted octanol–water partition coefficient (Wildman–Crippen LogP) is 1.76. The summed E-state index contributed by atoms with van der Waals surface area (Å²) in [7, 11) is 3.94. The molecule has 0 aromatic carbocycles. The van der Waals surface area contributed by atoms with Crippen LogP contribution in [0.2, 0.25) is 13.1 Å². The molecule has 0 radical (unpaired) electrons. The first-order valence-electron chi connectivity index (χ1n) is 2.83. The van der Waals surface area contributed by atoms with Gasteiger partial charge in [-0.1, -0.05) is 0 Å². The van der Waals surface area contributed by atoms with Crippen LogP contribution in [0.5, 0.6) is 0 Å². The molecular formula is C6H17ClMgOSi. The van der Waals surface area contributed by atoms with Crippen LogP contribution in [0, 0.1) is 7.11 Å². The summed E-state index contributed by atoms with van der Waals surface area (Å²) in [5.41, 5.74) is 0. The smallest absolute Gasteiger partial charge is 0.553 e. The molecule has 0 fully saturated rings. The van der Waals surface area contributed by atoms with Gasteiger partial charge in [-0.3, -0.25) is 9.52 Å². The van der Waals surface area contributed by atoms with Crippen molar-refractivity contribution >= 4 is 45.0 Å². The van der Waals surface area contributed by atoms with E-state index in [1.54, 1.807) is 0 Å². The maximum atomic E-state index is 4.50. The van der Waals surface area contributed by atoms with Gasteiger partial charge in [-0.2, -0.15) is 13.1 Å². The standard InChI is InChI=1S/C4H9O.C2H7Si.ClH.Mg/c1-4(2)5-3;1-3-2;;/h4H,3H2,1-2H3;3H,1-2H3;1H;/q2*-1;;+2. The normalized spacial score (nSPS) is 6.60. The van der Waals surface area contributed by atoms with Gasteiger partial charge >= 0.3 is 23.1 Å². The van der Waals surface area contributed by atoms with Crippen LogP contribution in [-0.2, 0) is 4.74 Å². The molecule has 4 heteroatoms. The zero-order valence-electron chi connectivity index (χ0n) is 7.39. The van der Waals surface area contributed by atoms with Crippen LogP contribution in [0.3, 0.4) is 0 Å². The maximum Gasteiger partial charge on any atom is 2.00 e. The molecule has 60 valence electrons. The number of rotatable bonds is 1. The van der Waals surface area contributed by atoms with E-state index in [0.717, 1.165) is 9.52 Å². The Morgan fingerprint density at radius 3 is 1.40 bits per heavy atom. The van der Waals surface area contributed by atoms with Crippen molar-refractivity contribution in [1.82, 2.24) is 0 Å². The molecule has 0 amide bonds. The SMILES string of the molecule is C[SiH-]C.Cl.[CH2-]OC(C)C.[Mg+2]. The van der Waals surface area contributed by atoms with Crippen LogP contribution in [0.4, 0.5) is 0 Å². The van der Waals surface area contributed by atoms with Crippen molar-refractivity contribution in [2.75, 3.05) is 0 Å². The number of halogens is 1. The first-order valence-corrected chi connectivity index (χ1v) is 5.14. The Labute approximate surface area is 89.7 Å². The first-order chi connectivity index (χ1) is 3.68. The first kappa shape index (κ1) is 22.5. The zero-order valence-corrected chi connectivity index (χ0v) is 10.8. The minimum atomic E-state index is 0. The number of hydrogen-bond acceptors (Lipinski definition) is 1. The minimum absolute atomic E-state index is 0. The second-order valence-electron chi connectivity index (χ2n) is 1.79. The van der Waals surface area contributed by atoms with Crippen LogP contribution in [0.15, 0.2) is 0 Å². The minimum Gasteiger partial charge on any atom is -0.553 e. The summed E-state index contributed by atoms with van der Waals surface area (Å²) in [5, 5.41) is 0. The molecule has 0 rings (SSSR count). The largest absolute Gasteiger partial charge is 2.00 e. The van der Waals surface area contributed by atoms with E-state index in [4.69, 9.17) is 0 Å². The second kappa shape index (κ2) is 22.5. The fraction of sp³-hybridized carbons (Fsp3) is 0.833. The molecule has 0 spiro atoms. The van der Waals surface area contributed by atoms with E-state index in [9.17, 15) is 0 Å². The second-order valence-corrected chi connectivity index (χ2v) is 2.95. The summed E-state index contributed by atoms with van der Waals surface area (Å²) < 4.78 is 4.50. The van der Waals surface area contributed by atoms with Gasteiger partial charge in [0, 0.05) is 6.10 Å². The van der Waals surface area contributed by atoms with Crippen LogP contribution in [0.1, 0.15) is 13.8 Å².